The molecule has 1 aromatic carbocycles. The molecule has 0 aliphatic carbocycles. The summed E-state index contributed by atoms with van der Waals surface area (Å²) in [6.45, 7) is 0.236. The summed E-state index contributed by atoms with van der Waals surface area (Å²) in [5.74, 6) is 0.448. The van der Waals surface area contributed by atoms with E-state index in [0.717, 1.165) is 16.3 Å². The normalized spacial score (nSPS) is 11.2. The maximum absolute atomic E-state index is 12.4. The molecule has 2 aromatic heterocycles. The van der Waals surface area contributed by atoms with Crippen LogP contribution in [0.3, 0.4) is 0 Å². The molecule has 0 bridgehead atoms. The second-order valence-electron chi connectivity index (χ2n) is 6.30. The van der Waals surface area contributed by atoms with Crippen molar-refractivity contribution < 1.29 is 22.7 Å². The van der Waals surface area contributed by atoms with Crippen molar-refractivity contribution >= 4 is 27.3 Å². The van der Waals surface area contributed by atoms with E-state index >= 15 is 0 Å². The van der Waals surface area contributed by atoms with E-state index < -0.39 is 10.0 Å². The molecule has 0 saturated heterocycles. The van der Waals surface area contributed by atoms with Gasteiger partial charge in [0.15, 0.2) is 11.5 Å². The molecule has 2 N–H and O–H groups in total. The zero-order chi connectivity index (χ0) is 22.3. The quantitative estimate of drug-likeness (QED) is 0.474. The molecular formula is C20H22N4O5S2. The van der Waals surface area contributed by atoms with Crippen molar-refractivity contribution in [2.24, 2.45) is 0 Å². The Balaban J connectivity index is 1.48. The number of carbonyl (C=O) groups excluding carboxylic acids is 1. The van der Waals surface area contributed by atoms with Crippen molar-refractivity contribution in [3.63, 3.8) is 0 Å². The van der Waals surface area contributed by atoms with Gasteiger partial charge in [-0.3, -0.25) is 9.78 Å². The minimum Gasteiger partial charge on any atom is -0.493 e. The summed E-state index contributed by atoms with van der Waals surface area (Å²) in [6, 6.07) is 8.01. The Hall–Kier alpha value is -3.02. The molecule has 31 heavy (non-hydrogen) atoms. The molecule has 3 aromatic rings. The van der Waals surface area contributed by atoms with Gasteiger partial charge in [-0.2, -0.15) is 0 Å². The summed E-state index contributed by atoms with van der Waals surface area (Å²) < 4.78 is 37.5. The second-order valence-corrected chi connectivity index (χ2v) is 9.01. The molecule has 0 aliphatic rings. The van der Waals surface area contributed by atoms with E-state index in [9.17, 15) is 13.2 Å². The van der Waals surface area contributed by atoms with Crippen LogP contribution in [0, 0.1) is 0 Å². The first-order valence-corrected chi connectivity index (χ1v) is 11.6. The number of amides is 1. The lowest BCUT2D eigenvalue weighted by Crippen LogP contribution is -2.30. The van der Waals surface area contributed by atoms with Gasteiger partial charge < -0.3 is 14.8 Å². The highest BCUT2D eigenvalue weighted by molar-refractivity contribution is 7.89. The highest BCUT2D eigenvalue weighted by Crippen LogP contribution is 2.29. The summed E-state index contributed by atoms with van der Waals surface area (Å²) >= 11 is 1.44. The van der Waals surface area contributed by atoms with Gasteiger partial charge in [0.05, 0.1) is 31.4 Å². The predicted octanol–water partition coefficient (Wildman–Crippen LogP) is 2.21. The lowest BCUT2D eigenvalue weighted by Gasteiger charge is -2.11. The highest BCUT2D eigenvalue weighted by atomic mass is 32.2. The predicted molar refractivity (Wildman–Crippen MR) is 117 cm³/mol. The van der Waals surface area contributed by atoms with Gasteiger partial charge in [-0.15, -0.1) is 11.3 Å². The molecule has 3 rings (SSSR count). The minimum atomic E-state index is -3.79. The Morgan fingerprint density at radius 3 is 2.55 bits per heavy atom. The number of carbonyl (C=O) groups is 1. The largest absolute Gasteiger partial charge is 0.493 e. The summed E-state index contributed by atoms with van der Waals surface area (Å²) in [5, 5.41) is 5.41. The third-order valence-electron chi connectivity index (χ3n) is 4.27. The number of aromatic nitrogens is 2. The molecule has 0 fully saturated rings. The first-order valence-electron chi connectivity index (χ1n) is 9.26. The van der Waals surface area contributed by atoms with Crippen LogP contribution in [-0.2, 0) is 21.4 Å². The maximum atomic E-state index is 12.4. The molecule has 0 aliphatic heterocycles. The van der Waals surface area contributed by atoms with Gasteiger partial charge in [0.25, 0.3) is 0 Å². The van der Waals surface area contributed by atoms with Crippen LogP contribution >= 0.6 is 11.3 Å². The van der Waals surface area contributed by atoms with Crippen LogP contribution in [0.1, 0.15) is 11.4 Å². The van der Waals surface area contributed by atoms with E-state index in [1.807, 2.05) is 17.5 Å². The van der Waals surface area contributed by atoms with Crippen molar-refractivity contribution in [2.45, 2.75) is 17.9 Å². The fraction of sp³-hybridized carbons (Fsp3) is 0.250. The zero-order valence-corrected chi connectivity index (χ0v) is 18.6. The van der Waals surface area contributed by atoms with E-state index in [-0.39, 0.29) is 30.3 Å². The van der Waals surface area contributed by atoms with Crippen LogP contribution in [-0.4, -0.2) is 45.1 Å². The fourth-order valence-electron chi connectivity index (χ4n) is 2.68. The molecule has 2 heterocycles. The van der Waals surface area contributed by atoms with Crippen molar-refractivity contribution in [3.05, 3.63) is 53.1 Å². The number of rotatable bonds is 10. The summed E-state index contributed by atoms with van der Waals surface area (Å²) in [5.41, 5.74) is 1.77. The summed E-state index contributed by atoms with van der Waals surface area (Å²) in [7, 11) is -0.897. The van der Waals surface area contributed by atoms with Crippen LogP contribution < -0.4 is 19.5 Å². The van der Waals surface area contributed by atoms with Gasteiger partial charge in [0.1, 0.15) is 5.01 Å². The molecule has 9 nitrogen and oxygen atoms in total. The molecule has 0 spiro atoms. The van der Waals surface area contributed by atoms with Crippen molar-refractivity contribution in [2.75, 3.05) is 20.8 Å². The molecule has 1 amide bonds. The second kappa shape index (κ2) is 10.3. The third-order valence-corrected chi connectivity index (χ3v) is 6.58. The zero-order valence-electron chi connectivity index (χ0n) is 17.0. The SMILES string of the molecule is COc1ccc(S(=O)(=O)NCCC(=O)NCc2nc(-c3ccncc3)cs2)cc1OC. The van der Waals surface area contributed by atoms with E-state index in [1.165, 1.54) is 43.8 Å². The lowest BCUT2D eigenvalue weighted by atomic mass is 10.2. The standard InChI is InChI=1S/C20H22N4O5S2/c1-28-17-4-3-15(11-18(17)29-2)31(26,27)23-10-7-19(25)22-12-20-24-16(13-30-20)14-5-8-21-9-6-14/h3-6,8-9,11,13,23H,7,10,12H2,1-2H3,(H,22,25). The van der Waals surface area contributed by atoms with Crippen LogP contribution in [0.4, 0.5) is 0 Å². The monoisotopic (exact) mass is 462 g/mol. The molecule has 164 valence electrons. The summed E-state index contributed by atoms with van der Waals surface area (Å²) in [6.07, 6.45) is 3.38. The van der Waals surface area contributed by atoms with Crippen LogP contribution in [0.5, 0.6) is 11.5 Å². The molecule has 0 unspecified atom stereocenters. The molecule has 0 radical (unpaired) electrons. The van der Waals surface area contributed by atoms with Crippen molar-refractivity contribution in [1.29, 1.82) is 0 Å². The van der Waals surface area contributed by atoms with Gasteiger partial charge in [0, 0.05) is 42.4 Å². The fourth-order valence-corrected chi connectivity index (χ4v) is 4.47. The van der Waals surface area contributed by atoms with Crippen LogP contribution in [0.15, 0.2) is 53.0 Å². The van der Waals surface area contributed by atoms with Crippen molar-refractivity contribution in [1.82, 2.24) is 20.0 Å². The van der Waals surface area contributed by atoms with Gasteiger partial charge in [-0.1, -0.05) is 0 Å². The Labute approximate surface area is 184 Å². The van der Waals surface area contributed by atoms with E-state index in [2.05, 4.69) is 20.0 Å². The average molecular weight is 463 g/mol. The Morgan fingerprint density at radius 1 is 1.10 bits per heavy atom. The number of sulfonamides is 1. The number of ether oxygens (including phenoxy) is 2. The first kappa shape index (κ1) is 22.7. The average Bonchev–Trinajstić information content (AvgIpc) is 3.27. The van der Waals surface area contributed by atoms with Gasteiger partial charge >= 0.3 is 0 Å². The molecular weight excluding hydrogens is 440 g/mol. The Morgan fingerprint density at radius 2 is 1.84 bits per heavy atom. The molecule has 0 saturated carbocycles. The van der Waals surface area contributed by atoms with Crippen LogP contribution in [0.2, 0.25) is 0 Å². The Kier molecular flexibility index (Phi) is 7.55. The highest BCUT2D eigenvalue weighted by Gasteiger charge is 2.17. The number of pyridine rings is 1. The lowest BCUT2D eigenvalue weighted by molar-refractivity contribution is -0.121. The smallest absolute Gasteiger partial charge is 0.240 e. The van der Waals surface area contributed by atoms with Gasteiger partial charge in [-0.25, -0.2) is 18.1 Å². The Bertz CT molecular complexity index is 1130. The first-order chi connectivity index (χ1) is 14.9. The van der Waals surface area contributed by atoms with Crippen molar-refractivity contribution in [3.8, 4) is 22.8 Å². The van der Waals surface area contributed by atoms with Crippen LogP contribution in [0.25, 0.3) is 11.3 Å². The van der Waals surface area contributed by atoms with E-state index in [1.54, 1.807) is 12.4 Å². The maximum Gasteiger partial charge on any atom is 0.240 e. The summed E-state index contributed by atoms with van der Waals surface area (Å²) in [4.78, 5) is 20.6. The third kappa shape index (κ3) is 6.00. The number of thiazole rings is 1. The number of nitrogens with zero attached hydrogens (tertiary/aromatic N) is 2. The number of hydrogen-bond donors (Lipinski definition) is 2. The van der Waals surface area contributed by atoms with Gasteiger partial charge in [0.2, 0.25) is 15.9 Å². The molecule has 0 atom stereocenters. The number of methoxy groups -OCH3 is 2. The minimum absolute atomic E-state index is 0.00485. The number of hydrogen-bond acceptors (Lipinski definition) is 8. The number of nitrogens with one attached hydrogen (secondary N) is 2. The van der Waals surface area contributed by atoms with Gasteiger partial charge in [-0.05, 0) is 24.3 Å². The number of benzene rings is 1. The molecule has 11 heteroatoms. The van der Waals surface area contributed by atoms with E-state index in [4.69, 9.17) is 9.47 Å². The topological polar surface area (TPSA) is 120 Å². The van der Waals surface area contributed by atoms with E-state index in [0.29, 0.717) is 11.5 Å².